The van der Waals surface area contributed by atoms with E-state index >= 15 is 0 Å². The zero-order valence-electron chi connectivity index (χ0n) is 8.75. The summed E-state index contributed by atoms with van der Waals surface area (Å²) in [7, 11) is 0. The normalized spacial score (nSPS) is 14.1. The van der Waals surface area contributed by atoms with Crippen LogP contribution in [0, 0.1) is 12.3 Å². The summed E-state index contributed by atoms with van der Waals surface area (Å²) in [5.41, 5.74) is 5.67. The monoisotopic (exact) mass is 214 g/mol. The lowest BCUT2D eigenvalue weighted by atomic mass is 10.2. The Hall–Kier alpha value is -0.660. The van der Waals surface area contributed by atoms with Gasteiger partial charge in [0.15, 0.2) is 0 Å². The summed E-state index contributed by atoms with van der Waals surface area (Å²) < 4.78 is 0. The van der Waals surface area contributed by atoms with E-state index in [0.29, 0.717) is 6.42 Å². The predicted octanol–water partition coefficient (Wildman–Crippen LogP) is 0.595. The van der Waals surface area contributed by atoms with Gasteiger partial charge in [0.2, 0.25) is 5.91 Å². The van der Waals surface area contributed by atoms with Crippen LogP contribution in [0.25, 0.3) is 0 Å². The Morgan fingerprint density at radius 1 is 1.71 bits per heavy atom. The van der Waals surface area contributed by atoms with E-state index in [1.807, 2.05) is 13.2 Å². The minimum Gasteiger partial charge on any atom is -0.341 e. The maximum absolute atomic E-state index is 11.4. The van der Waals surface area contributed by atoms with Gasteiger partial charge < -0.3 is 11.1 Å². The van der Waals surface area contributed by atoms with Crippen LogP contribution in [0.5, 0.6) is 0 Å². The molecule has 80 valence electrons. The molecule has 0 bridgehead atoms. The van der Waals surface area contributed by atoms with Gasteiger partial charge >= 0.3 is 0 Å². The molecule has 0 aliphatic heterocycles. The molecule has 3 nitrogen and oxygen atoms in total. The SMILES string of the molecule is C#CC(CC)NC(=O)[C@H](N)CCSC. The number of nitrogens with one attached hydrogen (secondary N) is 1. The number of hydrogen-bond donors (Lipinski definition) is 2. The van der Waals surface area contributed by atoms with Gasteiger partial charge in [-0.3, -0.25) is 4.79 Å². The van der Waals surface area contributed by atoms with E-state index in [9.17, 15) is 4.79 Å². The van der Waals surface area contributed by atoms with E-state index in [0.717, 1.165) is 12.2 Å². The maximum atomic E-state index is 11.4. The fourth-order valence-corrected chi connectivity index (χ4v) is 1.41. The predicted molar refractivity (Wildman–Crippen MR) is 62.0 cm³/mol. The Bertz CT molecular complexity index is 213. The Kier molecular flexibility index (Phi) is 7.35. The average molecular weight is 214 g/mol. The van der Waals surface area contributed by atoms with Crippen LogP contribution in [0.3, 0.4) is 0 Å². The first-order chi connectivity index (χ1) is 6.65. The van der Waals surface area contributed by atoms with E-state index in [2.05, 4.69) is 11.2 Å². The first kappa shape index (κ1) is 13.3. The Labute approximate surface area is 90.2 Å². The number of nitrogens with two attached hydrogens (primary N) is 1. The fourth-order valence-electron chi connectivity index (χ4n) is 0.916. The maximum Gasteiger partial charge on any atom is 0.237 e. The van der Waals surface area contributed by atoms with Crippen LogP contribution in [-0.4, -0.2) is 30.0 Å². The van der Waals surface area contributed by atoms with Crippen molar-refractivity contribution in [2.75, 3.05) is 12.0 Å². The van der Waals surface area contributed by atoms with Crippen molar-refractivity contribution >= 4 is 17.7 Å². The van der Waals surface area contributed by atoms with Crippen molar-refractivity contribution in [3.63, 3.8) is 0 Å². The molecule has 0 aromatic rings. The molecule has 14 heavy (non-hydrogen) atoms. The highest BCUT2D eigenvalue weighted by atomic mass is 32.2. The number of thioether (sulfide) groups is 1. The minimum atomic E-state index is -0.440. The first-order valence-electron chi connectivity index (χ1n) is 4.66. The number of carbonyl (C=O) groups is 1. The molecule has 0 rings (SSSR count). The molecule has 0 saturated carbocycles. The molecule has 3 N–H and O–H groups in total. The number of hydrogen-bond acceptors (Lipinski definition) is 3. The second kappa shape index (κ2) is 7.72. The van der Waals surface area contributed by atoms with Crippen molar-refractivity contribution < 1.29 is 4.79 Å². The first-order valence-corrected chi connectivity index (χ1v) is 6.06. The molecule has 1 amide bonds. The van der Waals surface area contributed by atoms with Crippen LogP contribution in [0.2, 0.25) is 0 Å². The van der Waals surface area contributed by atoms with Crippen molar-refractivity contribution in [3.05, 3.63) is 0 Å². The number of terminal acetylenes is 1. The molecule has 2 atom stereocenters. The molecule has 0 aliphatic rings. The van der Waals surface area contributed by atoms with Crippen molar-refractivity contribution in [3.8, 4) is 12.3 Å². The molecule has 0 aromatic heterocycles. The highest BCUT2D eigenvalue weighted by Gasteiger charge is 2.14. The van der Waals surface area contributed by atoms with E-state index in [4.69, 9.17) is 12.2 Å². The number of carbonyl (C=O) groups excluding carboxylic acids is 1. The lowest BCUT2D eigenvalue weighted by Crippen LogP contribution is -2.45. The van der Waals surface area contributed by atoms with Gasteiger partial charge in [-0.1, -0.05) is 12.8 Å². The molecule has 0 heterocycles. The van der Waals surface area contributed by atoms with Crippen LogP contribution >= 0.6 is 11.8 Å². The van der Waals surface area contributed by atoms with Gasteiger partial charge in [-0.25, -0.2) is 0 Å². The molecule has 1 unspecified atom stereocenters. The summed E-state index contributed by atoms with van der Waals surface area (Å²) in [6, 6.07) is -0.632. The van der Waals surface area contributed by atoms with Crippen molar-refractivity contribution in [1.82, 2.24) is 5.32 Å². The summed E-state index contributed by atoms with van der Waals surface area (Å²) >= 11 is 1.68. The highest BCUT2D eigenvalue weighted by Crippen LogP contribution is 1.99. The van der Waals surface area contributed by atoms with Gasteiger partial charge in [-0.2, -0.15) is 11.8 Å². The molecule has 0 spiro atoms. The zero-order chi connectivity index (χ0) is 11.0. The lowest BCUT2D eigenvalue weighted by molar-refractivity contribution is -0.122. The van der Waals surface area contributed by atoms with Gasteiger partial charge in [-0.15, -0.1) is 6.42 Å². The van der Waals surface area contributed by atoms with Crippen LogP contribution in [-0.2, 0) is 4.79 Å². The molecule has 0 saturated heterocycles. The van der Waals surface area contributed by atoms with Crippen LogP contribution < -0.4 is 11.1 Å². The average Bonchev–Trinajstić information content (AvgIpc) is 2.21. The zero-order valence-corrected chi connectivity index (χ0v) is 9.56. The molecule has 0 fully saturated rings. The quantitative estimate of drug-likeness (QED) is 0.636. The van der Waals surface area contributed by atoms with Gasteiger partial charge in [-0.05, 0) is 24.9 Å². The summed E-state index contributed by atoms with van der Waals surface area (Å²) in [5, 5.41) is 2.72. The Morgan fingerprint density at radius 2 is 2.36 bits per heavy atom. The lowest BCUT2D eigenvalue weighted by Gasteiger charge is -2.15. The van der Waals surface area contributed by atoms with Gasteiger partial charge in [0.1, 0.15) is 0 Å². The Morgan fingerprint density at radius 3 is 2.79 bits per heavy atom. The molecule has 0 radical (unpaired) electrons. The molecule has 0 aromatic carbocycles. The third-order valence-corrected chi connectivity index (χ3v) is 2.54. The minimum absolute atomic E-state index is 0.149. The van der Waals surface area contributed by atoms with Crippen molar-refractivity contribution in [2.45, 2.75) is 31.8 Å². The standard InChI is InChI=1S/C10H18N2OS/c1-4-8(5-2)12-10(13)9(11)6-7-14-3/h1,8-9H,5-7,11H2,2-3H3,(H,12,13)/t8?,9-/m1/s1. The van der Waals surface area contributed by atoms with Crippen molar-refractivity contribution in [1.29, 1.82) is 0 Å². The largest absolute Gasteiger partial charge is 0.341 e. The molecular weight excluding hydrogens is 196 g/mol. The third kappa shape index (κ3) is 5.15. The highest BCUT2D eigenvalue weighted by molar-refractivity contribution is 7.98. The van der Waals surface area contributed by atoms with Crippen molar-refractivity contribution in [2.24, 2.45) is 5.73 Å². The van der Waals surface area contributed by atoms with Gasteiger partial charge in [0.25, 0.3) is 0 Å². The molecule has 4 heteroatoms. The molecule has 0 aliphatic carbocycles. The smallest absolute Gasteiger partial charge is 0.237 e. The summed E-state index contributed by atoms with van der Waals surface area (Å²) in [5.74, 6) is 3.24. The fraction of sp³-hybridized carbons (Fsp3) is 0.700. The Balaban J connectivity index is 3.88. The summed E-state index contributed by atoms with van der Waals surface area (Å²) in [6.45, 7) is 1.93. The van der Waals surface area contributed by atoms with Crippen LogP contribution in [0.1, 0.15) is 19.8 Å². The topological polar surface area (TPSA) is 55.1 Å². The van der Waals surface area contributed by atoms with E-state index in [1.165, 1.54) is 0 Å². The van der Waals surface area contributed by atoms with Crippen LogP contribution in [0.4, 0.5) is 0 Å². The van der Waals surface area contributed by atoms with E-state index < -0.39 is 6.04 Å². The molecular formula is C10H18N2OS. The third-order valence-electron chi connectivity index (χ3n) is 1.90. The van der Waals surface area contributed by atoms with Gasteiger partial charge in [0, 0.05) is 0 Å². The van der Waals surface area contributed by atoms with Crippen LogP contribution in [0.15, 0.2) is 0 Å². The summed E-state index contributed by atoms with van der Waals surface area (Å²) in [4.78, 5) is 11.4. The van der Waals surface area contributed by atoms with Gasteiger partial charge in [0.05, 0.1) is 12.1 Å². The van der Waals surface area contributed by atoms with E-state index in [1.54, 1.807) is 11.8 Å². The number of rotatable bonds is 6. The second-order valence-corrected chi connectivity index (χ2v) is 4.01. The van der Waals surface area contributed by atoms with E-state index in [-0.39, 0.29) is 11.9 Å². The second-order valence-electron chi connectivity index (χ2n) is 3.02. The summed E-state index contributed by atoms with van der Waals surface area (Å²) in [6.07, 6.45) is 8.63. The number of amides is 1.